The van der Waals surface area contributed by atoms with Crippen LogP contribution in [-0.2, 0) is 6.42 Å². The van der Waals surface area contributed by atoms with Crippen LogP contribution < -0.4 is 10.2 Å². The average molecular weight is 319 g/mol. The number of rotatable bonds is 5. The molecule has 3 rings (SSSR count). The molecule has 1 aromatic rings. The van der Waals surface area contributed by atoms with Gasteiger partial charge in [-0.1, -0.05) is 6.92 Å². The lowest BCUT2D eigenvalue weighted by Gasteiger charge is -2.36. The number of anilines is 2. The molecule has 6 nitrogen and oxygen atoms in total. The fraction of sp³-hybridized carbons (Fsp3) is 0.765. The molecular weight excluding hydrogens is 290 g/mol. The first-order chi connectivity index (χ1) is 11.1. The Bertz CT molecular complexity index is 522. The minimum Gasteiger partial charge on any atom is -0.388 e. The third kappa shape index (κ3) is 4.12. The molecule has 0 bridgehead atoms. The van der Waals surface area contributed by atoms with E-state index in [1.807, 2.05) is 6.07 Å². The molecular formula is C17H29N5O. The van der Waals surface area contributed by atoms with Crippen molar-refractivity contribution < 1.29 is 5.11 Å². The van der Waals surface area contributed by atoms with Crippen LogP contribution in [0.2, 0.25) is 0 Å². The molecule has 23 heavy (non-hydrogen) atoms. The molecule has 0 aromatic carbocycles. The average Bonchev–Trinajstić information content (AvgIpc) is 3.10. The maximum atomic E-state index is 10.7. The quantitative estimate of drug-likeness (QED) is 0.858. The molecule has 6 heteroatoms. The van der Waals surface area contributed by atoms with Gasteiger partial charge in [0.15, 0.2) is 0 Å². The Kier molecular flexibility index (Phi) is 5.02. The largest absolute Gasteiger partial charge is 0.388 e. The van der Waals surface area contributed by atoms with E-state index in [4.69, 9.17) is 0 Å². The summed E-state index contributed by atoms with van der Waals surface area (Å²) in [6.45, 7) is 6.65. The molecule has 3 heterocycles. The van der Waals surface area contributed by atoms with E-state index in [9.17, 15) is 5.11 Å². The van der Waals surface area contributed by atoms with Crippen LogP contribution in [0.5, 0.6) is 0 Å². The highest BCUT2D eigenvalue weighted by Crippen LogP contribution is 2.23. The van der Waals surface area contributed by atoms with Gasteiger partial charge < -0.3 is 20.2 Å². The van der Waals surface area contributed by atoms with E-state index in [1.165, 1.54) is 12.8 Å². The minimum atomic E-state index is -0.627. The van der Waals surface area contributed by atoms with Gasteiger partial charge in [-0.25, -0.2) is 4.98 Å². The lowest BCUT2D eigenvalue weighted by molar-refractivity contribution is -0.00409. The second-order valence-electron chi connectivity index (χ2n) is 6.97. The van der Waals surface area contributed by atoms with Crippen LogP contribution in [0.15, 0.2) is 6.07 Å². The van der Waals surface area contributed by atoms with E-state index in [-0.39, 0.29) is 0 Å². The first-order valence-electron chi connectivity index (χ1n) is 8.86. The van der Waals surface area contributed by atoms with Crippen molar-refractivity contribution in [3.05, 3.63) is 11.8 Å². The van der Waals surface area contributed by atoms with Gasteiger partial charge in [-0.05, 0) is 39.2 Å². The molecule has 0 aliphatic carbocycles. The van der Waals surface area contributed by atoms with Gasteiger partial charge in [-0.2, -0.15) is 4.98 Å². The van der Waals surface area contributed by atoms with Crippen molar-refractivity contribution in [3.63, 3.8) is 0 Å². The van der Waals surface area contributed by atoms with E-state index in [1.54, 1.807) is 0 Å². The Morgan fingerprint density at radius 3 is 2.52 bits per heavy atom. The Morgan fingerprint density at radius 2 is 1.87 bits per heavy atom. The molecule has 0 spiro atoms. The molecule has 2 fully saturated rings. The maximum absolute atomic E-state index is 10.7. The van der Waals surface area contributed by atoms with Crippen LogP contribution >= 0.6 is 0 Å². The lowest BCUT2D eigenvalue weighted by atomic mass is 9.91. The van der Waals surface area contributed by atoms with Crippen molar-refractivity contribution in [2.75, 3.05) is 50.0 Å². The second-order valence-corrected chi connectivity index (χ2v) is 6.97. The Morgan fingerprint density at radius 1 is 1.17 bits per heavy atom. The van der Waals surface area contributed by atoms with Crippen LogP contribution in [0, 0.1) is 0 Å². The molecule has 0 atom stereocenters. The lowest BCUT2D eigenvalue weighted by Crippen LogP contribution is -2.47. The number of hydrogen-bond donors (Lipinski definition) is 2. The molecule has 2 saturated heterocycles. The number of aliphatic hydroxyl groups is 1. The van der Waals surface area contributed by atoms with Crippen LogP contribution in [0.25, 0.3) is 0 Å². The highest BCUT2D eigenvalue weighted by molar-refractivity contribution is 5.44. The number of piperidine rings is 1. The summed E-state index contributed by atoms with van der Waals surface area (Å²) in [6.07, 6.45) is 4.95. The standard InChI is InChI=1S/C17H29N5O/c1-3-14-12-15(20-16(19-14)22-8-4-5-9-22)18-13-17(23)6-10-21(2)11-7-17/h12,23H,3-11,13H2,1-2H3,(H,18,19,20). The molecule has 128 valence electrons. The SMILES string of the molecule is CCc1cc(NCC2(O)CCN(C)CC2)nc(N2CCCC2)n1. The smallest absolute Gasteiger partial charge is 0.227 e. The molecule has 0 saturated carbocycles. The predicted molar refractivity (Wildman–Crippen MR) is 93.0 cm³/mol. The first kappa shape index (κ1) is 16.5. The number of nitrogens with zero attached hydrogens (tertiary/aromatic N) is 4. The number of aromatic nitrogens is 2. The molecule has 1 aromatic heterocycles. The van der Waals surface area contributed by atoms with E-state index >= 15 is 0 Å². The fourth-order valence-electron chi connectivity index (χ4n) is 3.28. The van der Waals surface area contributed by atoms with Gasteiger partial charge in [0.05, 0.1) is 5.60 Å². The summed E-state index contributed by atoms with van der Waals surface area (Å²) in [5.41, 5.74) is 0.428. The Balaban J connectivity index is 1.68. The molecule has 0 unspecified atom stereocenters. The van der Waals surface area contributed by atoms with Crippen LogP contribution in [-0.4, -0.2) is 65.3 Å². The number of likely N-dealkylation sites (tertiary alicyclic amines) is 1. The number of nitrogens with one attached hydrogen (secondary N) is 1. The zero-order chi connectivity index (χ0) is 16.3. The van der Waals surface area contributed by atoms with Gasteiger partial charge in [0.2, 0.25) is 5.95 Å². The summed E-state index contributed by atoms with van der Waals surface area (Å²) in [6, 6.07) is 2.01. The number of hydrogen-bond acceptors (Lipinski definition) is 6. The van der Waals surface area contributed by atoms with E-state index in [0.29, 0.717) is 6.54 Å². The summed E-state index contributed by atoms with van der Waals surface area (Å²) in [7, 11) is 2.10. The third-order valence-electron chi connectivity index (χ3n) is 5.03. The summed E-state index contributed by atoms with van der Waals surface area (Å²) < 4.78 is 0. The highest BCUT2D eigenvalue weighted by Gasteiger charge is 2.31. The van der Waals surface area contributed by atoms with E-state index in [0.717, 1.165) is 62.9 Å². The van der Waals surface area contributed by atoms with Crippen molar-refractivity contribution in [1.82, 2.24) is 14.9 Å². The van der Waals surface area contributed by atoms with Crippen LogP contribution in [0.3, 0.4) is 0 Å². The zero-order valence-electron chi connectivity index (χ0n) is 14.4. The third-order valence-corrected chi connectivity index (χ3v) is 5.03. The Labute approximate surface area is 138 Å². The van der Waals surface area contributed by atoms with E-state index in [2.05, 4.69) is 39.1 Å². The topological polar surface area (TPSA) is 64.5 Å². The summed E-state index contributed by atoms with van der Waals surface area (Å²) in [5, 5.41) is 14.1. The normalized spacial score (nSPS) is 21.6. The summed E-state index contributed by atoms with van der Waals surface area (Å²) >= 11 is 0. The molecule has 0 radical (unpaired) electrons. The monoisotopic (exact) mass is 319 g/mol. The van der Waals surface area contributed by atoms with Crippen molar-refractivity contribution in [2.45, 2.75) is 44.6 Å². The molecule has 2 aliphatic rings. The summed E-state index contributed by atoms with van der Waals surface area (Å²) in [4.78, 5) is 13.9. The van der Waals surface area contributed by atoms with Gasteiger partial charge in [0.25, 0.3) is 0 Å². The molecule has 0 amide bonds. The van der Waals surface area contributed by atoms with Crippen molar-refractivity contribution >= 4 is 11.8 Å². The minimum absolute atomic E-state index is 0.556. The van der Waals surface area contributed by atoms with Gasteiger partial charge in [-0.3, -0.25) is 0 Å². The van der Waals surface area contributed by atoms with Crippen molar-refractivity contribution in [3.8, 4) is 0 Å². The number of aryl methyl sites for hydroxylation is 1. The van der Waals surface area contributed by atoms with Crippen molar-refractivity contribution in [2.24, 2.45) is 0 Å². The van der Waals surface area contributed by atoms with Crippen molar-refractivity contribution in [1.29, 1.82) is 0 Å². The highest BCUT2D eigenvalue weighted by atomic mass is 16.3. The van der Waals surface area contributed by atoms with Gasteiger partial charge in [0.1, 0.15) is 5.82 Å². The molecule has 2 N–H and O–H groups in total. The predicted octanol–water partition coefficient (Wildman–Crippen LogP) is 1.51. The van der Waals surface area contributed by atoms with Gasteiger partial charge >= 0.3 is 0 Å². The molecule has 2 aliphatic heterocycles. The van der Waals surface area contributed by atoms with Gasteiger partial charge in [-0.15, -0.1) is 0 Å². The van der Waals surface area contributed by atoms with E-state index < -0.39 is 5.60 Å². The zero-order valence-corrected chi connectivity index (χ0v) is 14.4. The fourth-order valence-corrected chi connectivity index (χ4v) is 3.28. The first-order valence-corrected chi connectivity index (χ1v) is 8.86. The van der Waals surface area contributed by atoms with Crippen LogP contribution in [0.1, 0.15) is 38.3 Å². The maximum Gasteiger partial charge on any atom is 0.227 e. The summed E-state index contributed by atoms with van der Waals surface area (Å²) in [5.74, 6) is 1.67. The second kappa shape index (κ2) is 7.01. The Hall–Kier alpha value is -1.40. The van der Waals surface area contributed by atoms with Gasteiger partial charge in [0, 0.05) is 44.5 Å². The van der Waals surface area contributed by atoms with Crippen LogP contribution in [0.4, 0.5) is 11.8 Å².